The minimum absolute atomic E-state index is 0.00492. The lowest BCUT2D eigenvalue weighted by molar-refractivity contribution is -0.757. The van der Waals surface area contributed by atoms with E-state index in [1.807, 2.05) is 0 Å². The summed E-state index contributed by atoms with van der Waals surface area (Å²) in [6, 6.07) is 5.11. The Morgan fingerprint density at radius 2 is 1.89 bits per heavy atom. The highest BCUT2D eigenvalue weighted by Crippen LogP contribution is 2.16. The minimum atomic E-state index is -1.03. The van der Waals surface area contributed by atoms with Crippen molar-refractivity contribution < 1.29 is 33.8 Å². The zero-order valence-corrected chi connectivity index (χ0v) is 18.9. The zero-order valence-electron chi connectivity index (χ0n) is 18.9. The molecule has 0 aliphatic rings. The van der Waals surface area contributed by atoms with Crippen LogP contribution in [0.2, 0.25) is 0 Å². The van der Waals surface area contributed by atoms with Crippen LogP contribution in [0.25, 0.3) is 0 Å². The van der Waals surface area contributed by atoms with Crippen LogP contribution in [0.1, 0.15) is 31.9 Å². The zero-order chi connectivity index (χ0) is 25.6. The van der Waals surface area contributed by atoms with Gasteiger partial charge in [-0.3, -0.25) is 14.4 Å². The van der Waals surface area contributed by atoms with Gasteiger partial charge in [0.15, 0.2) is 0 Å². The summed E-state index contributed by atoms with van der Waals surface area (Å²) in [6.45, 7) is 1.18. The second kappa shape index (κ2) is 13.9. The van der Waals surface area contributed by atoms with Gasteiger partial charge in [0, 0.05) is 50.3 Å². The first-order valence-corrected chi connectivity index (χ1v) is 10.6. The summed E-state index contributed by atoms with van der Waals surface area (Å²) in [5.74, 6) is -1.61. The number of anilines is 1. The Balaban J connectivity index is 1.86. The summed E-state index contributed by atoms with van der Waals surface area (Å²) < 4.78 is 5.37. The maximum Gasteiger partial charge on any atom is 0.334 e. The summed E-state index contributed by atoms with van der Waals surface area (Å²) in [5.41, 5.74) is 1.13. The highest BCUT2D eigenvalue weighted by Gasteiger charge is 2.24. The number of nitrogens with zero attached hydrogens (tertiary/aromatic N) is 2. The molecule has 0 saturated heterocycles. The van der Waals surface area contributed by atoms with E-state index >= 15 is 0 Å². The van der Waals surface area contributed by atoms with E-state index < -0.39 is 23.0 Å². The number of benzene rings is 1. The molecular weight excluding hydrogens is 464 g/mol. The SMILES string of the molecule is CC(=O)Nc1ccc(OC(=O)[C@@H](Cc2cnc[nH]2)NC(=O)CCNC(=O)CCCO[N+](=O)[O-])cc1. The van der Waals surface area contributed by atoms with Crippen molar-refractivity contribution in [3.8, 4) is 5.75 Å². The maximum absolute atomic E-state index is 12.7. The van der Waals surface area contributed by atoms with E-state index in [-0.39, 0.29) is 56.4 Å². The van der Waals surface area contributed by atoms with Crippen molar-refractivity contribution in [1.29, 1.82) is 0 Å². The van der Waals surface area contributed by atoms with Gasteiger partial charge in [0.1, 0.15) is 11.8 Å². The number of aromatic amines is 1. The lowest BCUT2D eigenvalue weighted by Gasteiger charge is -2.17. The van der Waals surface area contributed by atoms with E-state index in [4.69, 9.17) is 4.74 Å². The topological polar surface area (TPSA) is 195 Å². The average Bonchev–Trinajstić information content (AvgIpc) is 3.30. The largest absolute Gasteiger partial charge is 0.425 e. The first kappa shape index (κ1) is 26.8. The summed E-state index contributed by atoms with van der Waals surface area (Å²) in [4.78, 5) is 68.9. The molecular formula is C21H26N6O8. The Bertz CT molecular complexity index is 1010. The highest BCUT2D eigenvalue weighted by molar-refractivity contribution is 5.89. The number of nitrogens with one attached hydrogen (secondary N) is 4. The van der Waals surface area contributed by atoms with Gasteiger partial charge in [0.25, 0.3) is 5.09 Å². The van der Waals surface area contributed by atoms with Gasteiger partial charge >= 0.3 is 5.97 Å². The number of hydrogen-bond acceptors (Lipinski definition) is 9. The molecule has 0 bridgehead atoms. The quantitative estimate of drug-likeness (QED) is 0.0958. The molecule has 14 heteroatoms. The number of amides is 3. The molecule has 4 N–H and O–H groups in total. The molecule has 1 aromatic carbocycles. The Labute approximate surface area is 199 Å². The van der Waals surface area contributed by atoms with E-state index in [2.05, 4.69) is 30.8 Å². The van der Waals surface area contributed by atoms with Crippen molar-refractivity contribution in [3.05, 3.63) is 52.6 Å². The number of H-pyrrole nitrogens is 1. The normalized spacial score (nSPS) is 11.1. The van der Waals surface area contributed by atoms with Crippen molar-refractivity contribution in [2.45, 2.75) is 38.6 Å². The molecule has 2 aromatic rings. The van der Waals surface area contributed by atoms with E-state index in [1.54, 1.807) is 12.1 Å². The van der Waals surface area contributed by atoms with Crippen molar-refractivity contribution in [2.24, 2.45) is 0 Å². The third-order valence-electron chi connectivity index (χ3n) is 4.41. The molecule has 0 unspecified atom stereocenters. The van der Waals surface area contributed by atoms with Crippen molar-refractivity contribution in [2.75, 3.05) is 18.5 Å². The summed E-state index contributed by atoms with van der Waals surface area (Å²) in [5, 5.41) is 16.8. The minimum Gasteiger partial charge on any atom is -0.425 e. The molecule has 3 amide bonds. The molecule has 0 aliphatic heterocycles. The predicted molar refractivity (Wildman–Crippen MR) is 120 cm³/mol. The van der Waals surface area contributed by atoms with Crippen LogP contribution in [0.5, 0.6) is 5.75 Å². The molecule has 1 heterocycles. The van der Waals surface area contributed by atoms with Crippen LogP contribution in [-0.2, 0) is 30.4 Å². The first-order valence-electron chi connectivity index (χ1n) is 10.6. The molecule has 1 aromatic heterocycles. The van der Waals surface area contributed by atoms with Crippen molar-refractivity contribution in [3.63, 3.8) is 0 Å². The third kappa shape index (κ3) is 10.8. The fraction of sp³-hybridized carbons (Fsp3) is 0.381. The Hall–Kier alpha value is -4.49. The number of imidazole rings is 1. The van der Waals surface area contributed by atoms with Crippen LogP contribution in [0, 0.1) is 10.1 Å². The van der Waals surface area contributed by atoms with Crippen molar-refractivity contribution >= 4 is 29.4 Å². The number of carbonyl (C=O) groups excluding carboxylic acids is 4. The second-order valence-electron chi connectivity index (χ2n) is 7.29. The highest BCUT2D eigenvalue weighted by atomic mass is 16.9. The van der Waals surface area contributed by atoms with Crippen LogP contribution < -0.4 is 20.7 Å². The van der Waals surface area contributed by atoms with Gasteiger partial charge in [0.05, 0.1) is 12.9 Å². The van der Waals surface area contributed by atoms with Crippen LogP contribution in [-0.4, -0.2) is 57.9 Å². The third-order valence-corrected chi connectivity index (χ3v) is 4.41. The molecule has 14 nitrogen and oxygen atoms in total. The van der Waals surface area contributed by atoms with E-state index in [0.717, 1.165) is 0 Å². The Kier molecular flexibility index (Phi) is 10.6. The molecule has 0 radical (unpaired) electrons. The van der Waals surface area contributed by atoms with Gasteiger partial charge in [-0.2, -0.15) is 0 Å². The van der Waals surface area contributed by atoms with Gasteiger partial charge in [-0.1, -0.05) is 0 Å². The van der Waals surface area contributed by atoms with Crippen molar-refractivity contribution in [1.82, 2.24) is 20.6 Å². The summed E-state index contributed by atoms with van der Waals surface area (Å²) in [7, 11) is 0. The van der Waals surface area contributed by atoms with Crippen LogP contribution in [0.3, 0.4) is 0 Å². The number of hydrogen-bond donors (Lipinski definition) is 4. The lowest BCUT2D eigenvalue weighted by Crippen LogP contribution is -2.45. The van der Waals surface area contributed by atoms with E-state index in [9.17, 15) is 29.3 Å². The molecule has 188 valence electrons. The smallest absolute Gasteiger partial charge is 0.334 e. The molecule has 2 rings (SSSR count). The molecule has 35 heavy (non-hydrogen) atoms. The number of ether oxygens (including phenoxy) is 1. The van der Waals surface area contributed by atoms with Gasteiger partial charge in [-0.05, 0) is 30.7 Å². The second-order valence-corrected chi connectivity index (χ2v) is 7.29. The van der Waals surface area contributed by atoms with E-state index in [1.165, 1.54) is 31.6 Å². The number of aromatic nitrogens is 2. The first-order chi connectivity index (χ1) is 16.7. The molecule has 0 aliphatic carbocycles. The van der Waals surface area contributed by atoms with Gasteiger partial charge in [-0.15, -0.1) is 10.1 Å². The van der Waals surface area contributed by atoms with Crippen LogP contribution >= 0.6 is 0 Å². The molecule has 0 spiro atoms. The standard InChI is InChI=1S/C21H26N6O8/c1-14(28)25-15-4-6-17(7-5-15)35-21(31)18(11-16-12-22-13-24-16)26-20(30)8-9-23-19(29)3-2-10-34-27(32)33/h4-7,12-13,18H,2-3,8-11H2,1H3,(H,22,24)(H,23,29)(H,25,28)(H,26,30)/t18-/m1/s1. The predicted octanol–water partition coefficient (Wildman–Crippen LogP) is 0.496. The van der Waals surface area contributed by atoms with Gasteiger partial charge < -0.3 is 30.5 Å². The number of carbonyl (C=O) groups is 4. The van der Waals surface area contributed by atoms with E-state index in [0.29, 0.717) is 11.4 Å². The molecule has 0 fully saturated rings. The fourth-order valence-corrected chi connectivity index (χ4v) is 2.85. The average molecular weight is 490 g/mol. The van der Waals surface area contributed by atoms with Gasteiger partial charge in [-0.25, -0.2) is 9.78 Å². The number of esters is 1. The van der Waals surface area contributed by atoms with Crippen LogP contribution in [0.15, 0.2) is 36.8 Å². The molecule has 0 saturated carbocycles. The lowest BCUT2D eigenvalue weighted by atomic mass is 10.1. The maximum atomic E-state index is 12.7. The Morgan fingerprint density at radius 3 is 2.51 bits per heavy atom. The van der Waals surface area contributed by atoms with Gasteiger partial charge in [0.2, 0.25) is 17.7 Å². The van der Waals surface area contributed by atoms with Crippen LogP contribution in [0.4, 0.5) is 5.69 Å². The molecule has 1 atom stereocenters. The summed E-state index contributed by atoms with van der Waals surface area (Å²) >= 11 is 0. The number of rotatable bonds is 14. The fourth-order valence-electron chi connectivity index (χ4n) is 2.85. The Morgan fingerprint density at radius 1 is 1.14 bits per heavy atom. The monoisotopic (exact) mass is 490 g/mol. The summed E-state index contributed by atoms with van der Waals surface area (Å²) in [6.07, 6.45) is 3.10.